The van der Waals surface area contributed by atoms with Gasteiger partial charge in [0.05, 0.1) is 10.6 Å². The van der Waals surface area contributed by atoms with Crippen LogP contribution >= 0.6 is 23.4 Å². The van der Waals surface area contributed by atoms with Crippen molar-refractivity contribution >= 4 is 46.9 Å². The van der Waals surface area contributed by atoms with Gasteiger partial charge in [0.25, 0.3) is 5.91 Å². The van der Waals surface area contributed by atoms with Crippen LogP contribution in [0.3, 0.4) is 0 Å². The third-order valence-electron chi connectivity index (χ3n) is 5.21. The number of anilines is 1. The molecule has 7 heteroatoms. The molecule has 0 aromatic heterocycles. The molecule has 3 rings (SSSR count). The lowest BCUT2D eigenvalue weighted by molar-refractivity contribution is -0.122. The van der Waals surface area contributed by atoms with Gasteiger partial charge in [-0.3, -0.25) is 14.5 Å². The van der Waals surface area contributed by atoms with Gasteiger partial charge >= 0.3 is 0 Å². The summed E-state index contributed by atoms with van der Waals surface area (Å²) in [7, 11) is 2.10. The molecule has 1 heterocycles. The van der Waals surface area contributed by atoms with Crippen LogP contribution < -0.4 is 10.2 Å². The van der Waals surface area contributed by atoms with Crippen LogP contribution in [0.5, 0.6) is 0 Å². The van der Waals surface area contributed by atoms with Crippen LogP contribution in [0.15, 0.2) is 58.3 Å². The van der Waals surface area contributed by atoms with Crippen LogP contribution in [0.25, 0.3) is 6.08 Å². The molecule has 2 aromatic carbocycles. The number of halogens is 1. The first-order valence-corrected chi connectivity index (χ1v) is 12.2. The highest BCUT2D eigenvalue weighted by Gasteiger charge is 2.30. The van der Waals surface area contributed by atoms with E-state index in [9.17, 15) is 9.59 Å². The largest absolute Gasteiger partial charge is 0.355 e. The van der Waals surface area contributed by atoms with Crippen molar-refractivity contribution in [1.82, 2.24) is 10.2 Å². The molecule has 0 aliphatic carbocycles. The predicted octanol–water partition coefficient (Wildman–Crippen LogP) is 5.06. The quantitative estimate of drug-likeness (QED) is 0.389. The van der Waals surface area contributed by atoms with Crippen molar-refractivity contribution in [3.05, 3.63) is 64.0 Å². The summed E-state index contributed by atoms with van der Waals surface area (Å²) in [5, 5.41) is 3.58. The van der Waals surface area contributed by atoms with Gasteiger partial charge in [-0.15, -0.1) is 0 Å². The van der Waals surface area contributed by atoms with E-state index in [2.05, 4.69) is 24.2 Å². The van der Waals surface area contributed by atoms with Crippen molar-refractivity contribution in [2.75, 3.05) is 38.1 Å². The molecule has 0 saturated carbocycles. The fourth-order valence-corrected chi connectivity index (χ4v) is 4.74. The smallest absolute Gasteiger partial charge is 0.265 e. The summed E-state index contributed by atoms with van der Waals surface area (Å²) in [5.41, 5.74) is 1.62. The number of nitrogens with zero attached hydrogens (tertiary/aromatic N) is 2. The number of hydrogen-bond donors (Lipinski definition) is 1. The first-order valence-electron chi connectivity index (χ1n) is 11.0. The van der Waals surface area contributed by atoms with Gasteiger partial charge in [0.2, 0.25) is 5.91 Å². The Morgan fingerprint density at radius 1 is 1.16 bits per heavy atom. The van der Waals surface area contributed by atoms with Crippen LogP contribution in [0.4, 0.5) is 5.69 Å². The standard InChI is InChI=1S/C25H30ClN3O2S/c1-3-4-14-28(2)15-8-13-27-24(30)18-29-21-11-5-6-12-22(21)32-23(25(29)31)17-19-9-7-10-20(26)16-19/h5-7,9-12,16-17H,3-4,8,13-15,18H2,1-2H3,(H,27,30). The van der Waals surface area contributed by atoms with Crippen molar-refractivity contribution in [2.24, 2.45) is 0 Å². The molecule has 0 bridgehead atoms. The summed E-state index contributed by atoms with van der Waals surface area (Å²) in [6, 6.07) is 15.0. The number of unbranched alkanes of at least 4 members (excludes halogenated alkanes) is 1. The highest BCUT2D eigenvalue weighted by molar-refractivity contribution is 8.04. The Morgan fingerprint density at radius 2 is 1.94 bits per heavy atom. The van der Waals surface area contributed by atoms with E-state index in [1.54, 1.807) is 11.0 Å². The molecule has 1 aliphatic heterocycles. The van der Waals surface area contributed by atoms with E-state index >= 15 is 0 Å². The molecule has 2 amide bonds. The van der Waals surface area contributed by atoms with Crippen LogP contribution in [-0.4, -0.2) is 49.9 Å². The van der Waals surface area contributed by atoms with Gasteiger partial charge in [-0.1, -0.05) is 61.0 Å². The lowest BCUT2D eigenvalue weighted by Gasteiger charge is -2.29. The Bertz CT molecular complexity index is 979. The van der Waals surface area contributed by atoms with E-state index < -0.39 is 0 Å². The summed E-state index contributed by atoms with van der Waals surface area (Å²) in [5.74, 6) is -0.332. The average molecular weight is 472 g/mol. The number of thioether (sulfide) groups is 1. The second-order valence-electron chi connectivity index (χ2n) is 7.89. The van der Waals surface area contributed by atoms with Crippen molar-refractivity contribution in [1.29, 1.82) is 0 Å². The summed E-state index contributed by atoms with van der Waals surface area (Å²) < 4.78 is 0. The third kappa shape index (κ3) is 6.86. The molecule has 32 heavy (non-hydrogen) atoms. The van der Waals surface area contributed by atoms with E-state index in [0.717, 1.165) is 35.7 Å². The zero-order chi connectivity index (χ0) is 22.9. The summed E-state index contributed by atoms with van der Waals surface area (Å²) >= 11 is 7.51. The number of hydrogen-bond acceptors (Lipinski definition) is 4. The number of nitrogens with one attached hydrogen (secondary N) is 1. The second-order valence-corrected chi connectivity index (χ2v) is 9.41. The third-order valence-corrected chi connectivity index (χ3v) is 6.52. The van der Waals surface area contributed by atoms with Gasteiger partial charge in [0.15, 0.2) is 0 Å². The Balaban J connectivity index is 1.65. The van der Waals surface area contributed by atoms with Crippen molar-refractivity contribution in [3.63, 3.8) is 0 Å². The molecule has 2 aromatic rings. The lowest BCUT2D eigenvalue weighted by atomic mass is 10.2. The van der Waals surface area contributed by atoms with Crippen LogP contribution in [0.1, 0.15) is 31.7 Å². The zero-order valence-electron chi connectivity index (χ0n) is 18.6. The molecule has 0 spiro atoms. The highest BCUT2D eigenvalue weighted by atomic mass is 35.5. The topological polar surface area (TPSA) is 52.7 Å². The SMILES string of the molecule is CCCCN(C)CCCNC(=O)CN1C(=O)C(=Cc2cccc(Cl)c2)Sc2ccccc21. The number of benzene rings is 2. The summed E-state index contributed by atoms with van der Waals surface area (Å²) in [6.45, 7) is 4.79. The molecule has 0 saturated heterocycles. The van der Waals surface area contributed by atoms with Gasteiger partial charge in [0.1, 0.15) is 6.54 Å². The van der Waals surface area contributed by atoms with Crippen LogP contribution in [0, 0.1) is 0 Å². The van der Waals surface area contributed by atoms with Crippen molar-refractivity contribution in [2.45, 2.75) is 31.1 Å². The molecular formula is C25H30ClN3O2S. The fourth-order valence-electron chi connectivity index (χ4n) is 3.48. The molecule has 0 unspecified atom stereocenters. The molecule has 1 aliphatic rings. The Kier molecular flexibility index (Phi) is 9.21. The fraction of sp³-hybridized carbons (Fsp3) is 0.360. The number of rotatable bonds is 10. The maximum Gasteiger partial charge on any atom is 0.265 e. The number of fused-ring (bicyclic) bond motifs is 1. The molecule has 5 nitrogen and oxygen atoms in total. The molecule has 0 atom stereocenters. The van der Waals surface area contributed by atoms with Crippen molar-refractivity contribution in [3.8, 4) is 0 Å². The van der Waals surface area contributed by atoms with Gasteiger partial charge in [-0.2, -0.15) is 0 Å². The number of amides is 2. The van der Waals surface area contributed by atoms with E-state index in [1.807, 2.05) is 48.5 Å². The lowest BCUT2D eigenvalue weighted by Crippen LogP contribution is -2.43. The van der Waals surface area contributed by atoms with E-state index in [-0.39, 0.29) is 18.4 Å². The molecule has 170 valence electrons. The zero-order valence-corrected chi connectivity index (χ0v) is 20.2. The first kappa shape index (κ1) is 24.4. The first-order chi connectivity index (χ1) is 15.5. The van der Waals surface area contributed by atoms with Gasteiger partial charge in [0, 0.05) is 16.5 Å². The Morgan fingerprint density at radius 3 is 2.72 bits per heavy atom. The molecule has 0 fully saturated rings. The van der Waals surface area contributed by atoms with E-state index in [4.69, 9.17) is 11.6 Å². The van der Waals surface area contributed by atoms with Gasteiger partial charge in [-0.05, 0) is 68.9 Å². The predicted molar refractivity (Wildman–Crippen MR) is 134 cm³/mol. The minimum atomic E-state index is -0.178. The molecular weight excluding hydrogens is 442 g/mol. The van der Waals surface area contributed by atoms with Crippen molar-refractivity contribution < 1.29 is 9.59 Å². The minimum Gasteiger partial charge on any atom is -0.355 e. The van der Waals surface area contributed by atoms with Crippen LogP contribution in [-0.2, 0) is 9.59 Å². The monoisotopic (exact) mass is 471 g/mol. The summed E-state index contributed by atoms with van der Waals surface area (Å²) in [6.07, 6.45) is 5.07. The normalized spacial score (nSPS) is 14.7. The van der Waals surface area contributed by atoms with E-state index in [1.165, 1.54) is 24.6 Å². The van der Waals surface area contributed by atoms with Crippen LogP contribution in [0.2, 0.25) is 5.02 Å². The van der Waals surface area contributed by atoms with E-state index in [0.29, 0.717) is 16.5 Å². The van der Waals surface area contributed by atoms with Gasteiger partial charge in [-0.25, -0.2) is 0 Å². The Hall–Kier alpha value is -2.28. The highest BCUT2D eigenvalue weighted by Crippen LogP contribution is 2.41. The maximum absolute atomic E-state index is 13.2. The molecule has 1 N–H and O–H groups in total. The summed E-state index contributed by atoms with van der Waals surface area (Å²) in [4.78, 5) is 31.2. The maximum atomic E-state index is 13.2. The molecule has 0 radical (unpaired) electrons. The second kappa shape index (κ2) is 12.1. The minimum absolute atomic E-state index is 0.00499. The number of carbonyl (C=O) groups is 2. The number of para-hydroxylation sites is 1. The number of carbonyl (C=O) groups excluding carboxylic acids is 2. The average Bonchev–Trinajstić information content (AvgIpc) is 2.78. The van der Waals surface area contributed by atoms with Gasteiger partial charge < -0.3 is 10.2 Å². The Labute approximate surface area is 199 Å².